The predicted molar refractivity (Wildman–Crippen MR) is 120 cm³/mol. The molecule has 6 nitrogen and oxygen atoms in total. The smallest absolute Gasteiger partial charge is 0.263 e. The van der Waals surface area contributed by atoms with Crippen LogP contribution in [-0.2, 0) is 11.3 Å². The molecule has 6 heteroatoms. The van der Waals surface area contributed by atoms with Crippen molar-refractivity contribution < 1.29 is 9.59 Å². The van der Waals surface area contributed by atoms with Crippen LogP contribution >= 0.6 is 0 Å². The topological polar surface area (TPSA) is 71.4 Å². The lowest BCUT2D eigenvalue weighted by atomic mass is 9.99. The Morgan fingerprint density at radius 1 is 1.03 bits per heavy atom. The van der Waals surface area contributed by atoms with Gasteiger partial charge in [0.1, 0.15) is 12.1 Å². The number of rotatable bonds is 5. The van der Waals surface area contributed by atoms with Gasteiger partial charge < -0.3 is 14.8 Å². The number of amides is 2. The van der Waals surface area contributed by atoms with Crippen molar-refractivity contribution in [2.45, 2.75) is 71.0 Å². The van der Waals surface area contributed by atoms with Crippen LogP contribution in [0.3, 0.4) is 0 Å². The summed E-state index contributed by atoms with van der Waals surface area (Å²) in [7, 11) is 0. The fourth-order valence-electron chi connectivity index (χ4n) is 4.81. The van der Waals surface area contributed by atoms with Gasteiger partial charge in [-0.25, -0.2) is 0 Å². The van der Waals surface area contributed by atoms with E-state index in [1.54, 1.807) is 18.3 Å². The molecule has 1 aliphatic carbocycles. The summed E-state index contributed by atoms with van der Waals surface area (Å²) in [5, 5.41) is 3.00. The molecule has 1 aliphatic heterocycles. The maximum atomic E-state index is 13.3. The van der Waals surface area contributed by atoms with Gasteiger partial charge in [-0.1, -0.05) is 31.0 Å². The molecule has 2 amide bonds. The molecule has 0 unspecified atom stereocenters. The van der Waals surface area contributed by atoms with E-state index in [-0.39, 0.29) is 36.0 Å². The van der Waals surface area contributed by atoms with E-state index in [0.29, 0.717) is 6.54 Å². The van der Waals surface area contributed by atoms with E-state index < -0.39 is 5.56 Å². The molecule has 2 aromatic rings. The average Bonchev–Trinajstić information content (AvgIpc) is 3.43. The van der Waals surface area contributed by atoms with Crippen LogP contribution in [0.25, 0.3) is 0 Å². The van der Waals surface area contributed by atoms with Crippen LogP contribution in [0.15, 0.2) is 41.3 Å². The second-order valence-corrected chi connectivity index (χ2v) is 8.90. The van der Waals surface area contributed by atoms with Crippen LogP contribution in [0.5, 0.6) is 0 Å². The van der Waals surface area contributed by atoms with Gasteiger partial charge in [0.05, 0.1) is 6.04 Å². The minimum absolute atomic E-state index is 0.0227. The van der Waals surface area contributed by atoms with E-state index >= 15 is 0 Å². The Morgan fingerprint density at radius 3 is 2.55 bits per heavy atom. The Labute approximate surface area is 183 Å². The summed E-state index contributed by atoms with van der Waals surface area (Å²) < 4.78 is 1.35. The number of pyridine rings is 1. The molecule has 2 aliphatic rings. The minimum Gasteiger partial charge on any atom is -0.352 e. The molecule has 4 rings (SSSR count). The molecule has 0 spiro atoms. The summed E-state index contributed by atoms with van der Waals surface area (Å²) in [6.45, 7) is 4.72. The lowest BCUT2D eigenvalue weighted by Crippen LogP contribution is -2.40. The highest BCUT2D eigenvalue weighted by Crippen LogP contribution is 2.33. The standard InChI is InChI=1S/C25H31N3O3/c1-17-11-12-19(15-18(17)2)22-10-6-14-28(22)25(31)21-9-5-13-27(24(21)30)16-23(29)26-20-7-3-4-8-20/h5,9,11-13,15,20,22H,3-4,6-8,10,14,16H2,1-2H3,(H,26,29)/t22-/m1/s1. The van der Waals surface area contributed by atoms with Gasteiger partial charge in [0.2, 0.25) is 5.91 Å². The van der Waals surface area contributed by atoms with Gasteiger partial charge in [0.15, 0.2) is 0 Å². The highest BCUT2D eigenvalue weighted by molar-refractivity contribution is 5.94. The van der Waals surface area contributed by atoms with Crippen molar-refractivity contribution in [3.8, 4) is 0 Å². The Kier molecular flexibility index (Phi) is 6.25. The fourth-order valence-corrected chi connectivity index (χ4v) is 4.81. The third kappa shape index (κ3) is 4.58. The van der Waals surface area contributed by atoms with E-state index in [0.717, 1.165) is 44.1 Å². The maximum absolute atomic E-state index is 13.3. The SMILES string of the molecule is Cc1ccc([C@H]2CCCN2C(=O)c2cccn(CC(=O)NC3CCCC3)c2=O)cc1C. The second kappa shape index (κ2) is 9.08. The van der Waals surface area contributed by atoms with E-state index in [4.69, 9.17) is 0 Å². The fraction of sp³-hybridized carbons (Fsp3) is 0.480. The quantitative estimate of drug-likeness (QED) is 0.803. The van der Waals surface area contributed by atoms with E-state index in [9.17, 15) is 14.4 Å². The second-order valence-electron chi connectivity index (χ2n) is 8.90. The molecular weight excluding hydrogens is 390 g/mol. The third-order valence-corrected chi connectivity index (χ3v) is 6.71. The Morgan fingerprint density at radius 2 is 1.81 bits per heavy atom. The van der Waals surface area contributed by atoms with E-state index in [1.165, 1.54) is 15.7 Å². The van der Waals surface area contributed by atoms with Gasteiger partial charge in [0, 0.05) is 18.8 Å². The number of carbonyl (C=O) groups excluding carboxylic acids is 2. The van der Waals surface area contributed by atoms with Crippen molar-refractivity contribution in [3.63, 3.8) is 0 Å². The predicted octanol–water partition coefficient (Wildman–Crippen LogP) is 3.50. The highest BCUT2D eigenvalue weighted by Gasteiger charge is 2.32. The molecule has 164 valence electrons. The number of aromatic nitrogens is 1. The van der Waals surface area contributed by atoms with Gasteiger partial charge in [0.25, 0.3) is 11.5 Å². The lowest BCUT2D eigenvalue weighted by Gasteiger charge is -2.25. The molecule has 1 saturated heterocycles. The molecule has 2 heterocycles. The lowest BCUT2D eigenvalue weighted by molar-refractivity contribution is -0.122. The summed E-state index contributed by atoms with van der Waals surface area (Å²) in [5.41, 5.74) is 3.27. The van der Waals surface area contributed by atoms with Gasteiger partial charge in [-0.3, -0.25) is 14.4 Å². The summed E-state index contributed by atoms with van der Waals surface area (Å²) >= 11 is 0. The molecule has 1 aromatic heterocycles. The first kappa shape index (κ1) is 21.3. The van der Waals surface area contributed by atoms with Crippen molar-refractivity contribution in [2.24, 2.45) is 0 Å². The summed E-state index contributed by atoms with van der Waals surface area (Å²) in [6, 6.07) is 9.74. The van der Waals surface area contributed by atoms with Gasteiger partial charge in [-0.15, -0.1) is 0 Å². The number of benzene rings is 1. The zero-order valence-electron chi connectivity index (χ0n) is 18.4. The number of aryl methyl sites for hydroxylation is 2. The van der Waals surface area contributed by atoms with Crippen molar-refractivity contribution in [2.75, 3.05) is 6.54 Å². The highest BCUT2D eigenvalue weighted by atomic mass is 16.2. The largest absolute Gasteiger partial charge is 0.352 e. The molecular formula is C25H31N3O3. The van der Waals surface area contributed by atoms with Crippen LogP contribution < -0.4 is 10.9 Å². The zero-order valence-corrected chi connectivity index (χ0v) is 18.4. The van der Waals surface area contributed by atoms with Crippen LogP contribution in [0.4, 0.5) is 0 Å². The van der Waals surface area contributed by atoms with Gasteiger partial charge >= 0.3 is 0 Å². The number of carbonyl (C=O) groups is 2. The zero-order chi connectivity index (χ0) is 22.0. The van der Waals surface area contributed by atoms with Crippen molar-refractivity contribution in [3.05, 3.63) is 69.1 Å². The minimum atomic E-state index is -0.403. The van der Waals surface area contributed by atoms with Gasteiger partial charge in [-0.05, 0) is 68.4 Å². The number of likely N-dealkylation sites (tertiary alicyclic amines) is 1. The van der Waals surface area contributed by atoms with Crippen LogP contribution in [0.2, 0.25) is 0 Å². The number of hydrogen-bond acceptors (Lipinski definition) is 3. The van der Waals surface area contributed by atoms with Crippen LogP contribution in [0.1, 0.15) is 71.6 Å². The maximum Gasteiger partial charge on any atom is 0.263 e. The molecule has 31 heavy (non-hydrogen) atoms. The van der Waals surface area contributed by atoms with Crippen LogP contribution in [-0.4, -0.2) is 33.9 Å². The van der Waals surface area contributed by atoms with Crippen LogP contribution in [0, 0.1) is 13.8 Å². The third-order valence-electron chi connectivity index (χ3n) is 6.71. The molecule has 1 atom stereocenters. The molecule has 0 radical (unpaired) electrons. The first-order chi connectivity index (χ1) is 14.9. The molecule has 1 aromatic carbocycles. The number of nitrogens with zero attached hydrogens (tertiary/aromatic N) is 2. The summed E-state index contributed by atoms with van der Waals surface area (Å²) in [4.78, 5) is 40.5. The number of hydrogen-bond donors (Lipinski definition) is 1. The van der Waals surface area contributed by atoms with Crippen molar-refractivity contribution >= 4 is 11.8 Å². The first-order valence-electron chi connectivity index (χ1n) is 11.3. The molecule has 1 saturated carbocycles. The first-order valence-corrected chi connectivity index (χ1v) is 11.3. The Bertz CT molecular complexity index is 1040. The van der Waals surface area contributed by atoms with Crippen molar-refractivity contribution in [1.82, 2.24) is 14.8 Å². The monoisotopic (exact) mass is 421 g/mol. The van der Waals surface area contributed by atoms with Gasteiger partial charge in [-0.2, -0.15) is 0 Å². The molecule has 0 bridgehead atoms. The molecule has 1 N–H and O–H groups in total. The van der Waals surface area contributed by atoms with Crippen molar-refractivity contribution in [1.29, 1.82) is 0 Å². The normalized spacial score (nSPS) is 19.0. The van der Waals surface area contributed by atoms with E-state index in [2.05, 4.69) is 37.4 Å². The molecule has 2 fully saturated rings. The van der Waals surface area contributed by atoms with E-state index in [1.807, 2.05) is 4.90 Å². The summed E-state index contributed by atoms with van der Waals surface area (Å²) in [6.07, 6.45) is 7.63. The Balaban J connectivity index is 1.52. The summed E-state index contributed by atoms with van der Waals surface area (Å²) in [5.74, 6) is -0.427. The number of nitrogens with one attached hydrogen (secondary N) is 1. The Hall–Kier alpha value is -2.89. The average molecular weight is 422 g/mol.